The Hall–Kier alpha value is -3.13. The quantitative estimate of drug-likeness (QED) is 0.701. The Bertz CT molecular complexity index is 1160. The van der Waals surface area contributed by atoms with Crippen LogP contribution in [0.1, 0.15) is 16.7 Å². The number of imidazole rings is 1. The minimum Gasteiger partial charge on any atom is -0.327 e. The Morgan fingerprint density at radius 1 is 1.14 bits per heavy atom. The molecule has 0 unspecified atom stereocenters. The number of anilines is 2. The Morgan fingerprint density at radius 3 is 2.62 bits per heavy atom. The molecular weight excluding hydrogens is 388 g/mol. The predicted octanol–water partition coefficient (Wildman–Crippen LogP) is 2.89. The number of nitrogens with zero attached hydrogens (tertiary/aromatic N) is 3. The molecule has 0 radical (unpaired) electrons. The first-order chi connectivity index (χ1) is 13.8. The maximum absolute atomic E-state index is 13.0. The second kappa shape index (κ2) is 7.36. The number of benzene rings is 2. The van der Waals surface area contributed by atoms with Crippen LogP contribution in [0, 0.1) is 13.8 Å². The molecule has 29 heavy (non-hydrogen) atoms. The molecule has 1 aromatic heterocycles. The van der Waals surface area contributed by atoms with Gasteiger partial charge in [-0.15, -0.1) is 0 Å². The fourth-order valence-electron chi connectivity index (χ4n) is 3.64. The molecule has 150 valence electrons. The van der Waals surface area contributed by atoms with Gasteiger partial charge in [-0.3, -0.25) is 9.10 Å². The van der Waals surface area contributed by atoms with Crippen molar-refractivity contribution < 1.29 is 13.2 Å². The van der Waals surface area contributed by atoms with Gasteiger partial charge < -0.3 is 9.88 Å². The van der Waals surface area contributed by atoms with Crippen LogP contribution in [-0.2, 0) is 27.8 Å². The van der Waals surface area contributed by atoms with E-state index in [2.05, 4.69) is 10.3 Å². The summed E-state index contributed by atoms with van der Waals surface area (Å²) in [4.78, 5) is 16.4. The largest absolute Gasteiger partial charge is 0.327 e. The highest BCUT2D eigenvalue weighted by Crippen LogP contribution is 2.32. The molecule has 1 N–H and O–H groups in total. The first-order valence-electron chi connectivity index (χ1n) is 9.33. The fraction of sp³-hybridized carbons (Fsp3) is 0.238. The molecule has 1 amide bonds. The summed E-state index contributed by atoms with van der Waals surface area (Å²) in [6, 6.07) is 13.3. The number of nitrogens with one attached hydrogen (secondary N) is 1. The standard InChI is InChI=1S/C21H22N4O3S/c1-15-9-16(2)11-18(10-15)23-20(26)12-24-13-21(22-14-24)29(27,28)25-8-7-17-5-3-4-6-19(17)25/h3-6,9-11,13-14H,7-8,12H2,1-2H3,(H,23,26). The minimum atomic E-state index is -3.77. The molecule has 7 nitrogen and oxygen atoms in total. The zero-order valence-electron chi connectivity index (χ0n) is 16.3. The van der Waals surface area contributed by atoms with E-state index in [1.165, 1.54) is 21.4 Å². The number of hydrogen-bond donors (Lipinski definition) is 1. The van der Waals surface area contributed by atoms with Crippen molar-refractivity contribution in [3.05, 3.63) is 71.7 Å². The number of aryl methyl sites for hydroxylation is 2. The second-order valence-corrected chi connectivity index (χ2v) is 9.07. The van der Waals surface area contributed by atoms with Gasteiger partial charge in [0.2, 0.25) is 5.91 Å². The molecule has 1 aliphatic heterocycles. The van der Waals surface area contributed by atoms with Gasteiger partial charge in [-0.2, -0.15) is 8.42 Å². The van der Waals surface area contributed by atoms with Gasteiger partial charge >= 0.3 is 0 Å². The van der Waals surface area contributed by atoms with E-state index in [0.717, 1.165) is 16.7 Å². The molecule has 0 saturated heterocycles. The number of fused-ring (bicyclic) bond motifs is 1. The summed E-state index contributed by atoms with van der Waals surface area (Å²) in [7, 11) is -3.77. The Balaban J connectivity index is 1.49. The molecule has 8 heteroatoms. The topological polar surface area (TPSA) is 84.3 Å². The van der Waals surface area contributed by atoms with Crippen molar-refractivity contribution in [2.24, 2.45) is 0 Å². The van der Waals surface area contributed by atoms with E-state index in [-0.39, 0.29) is 17.5 Å². The molecule has 0 bridgehead atoms. The van der Waals surface area contributed by atoms with Crippen molar-refractivity contribution in [3.63, 3.8) is 0 Å². The smallest absolute Gasteiger partial charge is 0.283 e. The summed E-state index contributed by atoms with van der Waals surface area (Å²) in [5.74, 6) is -0.247. The van der Waals surface area contributed by atoms with Gasteiger partial charge in [0.05, 0.1) is 12.0 Å². The van der Waals surface area contributed by atoms with E-state index in [1.54, 1.807) is 6.07 Å². The van der Waals surface area contributed by atoms with Gasteiger partial charge in [0.1, 0.15) is 6.54 Å². The Labute approximate surface area is 170 Å². The van der Waals surface area contributed by atoms with Crippen LogP contribution in [0.4, 0.5) is 11.4 Å². The van der Waals surface area contributed by atoms with Gasteiger partial charge in [-0.05, 0) is 55.2 Å². The summed E-state index contributed by atoms with van der Waals surface area (Å²) < 4.78 is 28.9. The van der Waals surface area contributed by atoms with Gasteiger partial charge in [0, 0.05) is 18.4 Å². The molecule has 0 fully saturated rings. The van der Waals surface area contributed by atoms with E-state index >= 15 is 0 Å². The molecule has 2 heterocycles. The maximum Gasteiger partial charge on any atom is 0.283 e. The first kappa shape index (κ1) is 19.2. The Kier molecular flexibility index (Phi) is 4.87. The molecular formula is C21H22N4O3S. The molecule has 1 aliphatic rings. The van der Waals surface area contributed by atoms with E-state index in [1.807, 2.05) is 50.2 Å². The van der Waals surface area contributed by atoms with Gasteiger partial charge in [-0.25, -0.2) is 4.98 Å². The minimum absolute atomic E-state index is 0.0217. The van der Waals surface area contributed by atoms with Crippen molar-refractivity contribution in [3.8, 4) is 0 Å². The van der Waals surface area contributed by atoms with Crippen LogP contribution >= 0.6 is 0 Å². The zero-order valence-corrected chi connectivity index (χ0v) is 17.1. The van der Waals surface area contributed by atoms with Crippen LogP contribution < -0.4 is 9.62 Å². The van der Waals surface area contributed by atoms with E-state index in [9.17, 15) is 13.2 Å². The average Bonchev–Trinajstić information content (AvgIpc) is 3.28. The number of sulfonamides is 1. The highest BCUT2D eigenvalue weighted by molar-refractivity contribution is 7.92. The van der Waals surface area contributed by atoms with Crippen LogP contribution in [0.5, 0.6) is 0 Å². The summed E-state index contributed by atoms with van der Waals surface area (Å²) in [5.41, 5.74) is 4.52. The van der Waals surface area contributed by atoms with Crippen LogP contribution in [0.25, 0.3) is 0 Å². The van der Waals surface area contributed by atoms with Crippen LogP contribution in [0.3, 0.4) is 0 Å². The number of hydrogen-bond acceptors (Lipinski definition) is 4. The number of para-hydroxylation sites is 1. The number of carbonyl (C=O) groups excluding carboxylic acids is 1. The number of rotatable bonds is 5. The van der Waals surface area contributed by atoms with Crippen molar-refractivity contribution >= 4 is 27.3 Å². The summed E-state index contributed by atoms with van der Waals surface area (Å²) in [5, 5.41) is 2.78. The lowest BCUT2D eigenvalue weighted by molar-refractivity contribution is -0.116. The summed E-state index contributed by atoms with van der Waals surface area (Å²) in [6.45, 7) is 4.30. The fourth-order valence-corrected chi connectivity index (χ4v) is 5.09. The third-order valence-corrected chi connectivity index (χ3v) is 6.54. The number of amides is 1. The number of aromatic nitrogens is 2. The van der Waals surface area contributed by atoms with Crippen molar-refractivity contribution in [1.29, 1.82) is 0 Å². The lowest BCUT2D eigenvalue weighted by Crippen LogP contribution is -2.29. The van der Waals surface area contributed by atoms with Crippen LogP contribution in [-0.4, -0.2) is 30.4 Å². The van der Waals surface area contributed by atoms with Crippen LogP contribution in [0.15, 0.2) is 60.0 Å². The molecule has 3 aromatic rings. The third-order valence-electron chi connectivity index (χ3n) is 4.84. The Morgan fingerprint density at radius 2 is 1.86 bits per heavy atom. The molecule has 4 rings (SSSR count). The lowest BCUT2D eigenvalue weighted by atomic mass is 10.1. The molecule has 2 aromatic carbocycles. The molecule has 0 atom stereocenters. The highest BCUT2D eigenvalue weighted by Gasteiger charge is 2.32. The van der Waals surface area contributed by atoms with Gasteiger partial charge in [-0.1, -0.05) is 24.3 Å². The average molecular weight is 410 g/mol. The monoisotopic (exact) mass is 410 g/mol. The van der Waals surface area contributed by atoms with Crippen LogP contribution in [0.2, 0.25) is 0 Å². The highest BCUT2D eigenvalue weighted by atomic mass is 32.2. The van der Waals surface area contributed by atoms with Crippen molar-refractivity contribution in [2.75, 3.05) is 16.2 Å². The lowest BCUT2D eigenvalue weighted by Gasteiger charge is -2.17. The summed E-state index contributed by atoms with van der Waals surface area (Å²) >= 11 is 0. The van der Waals surface area contributed by atoms with Gasteiger partial charge in [0.15, 0.2) is 5.03 Å². The molecule has 0 saturated carbocycles. The normalized spacial score (nSPS) is 13.4. The third kappa shape index (κ3) is 3.88. The first-order valence-corrected chi connectivity index (χ1v) is 10.8. The van der Waals surface area contributed by atoms with Gasteiger partial charge in [0.25, 0.3) is 10.0 Å². The van der Waals surface area contributed by atoms with E-state index < -0.39 is 10.0 Å². The molecule has 0 aliphatic carbocycles. The van der Waals surface area contributed by atoms with E-state index in [0.29, 0.717) is 24.3 Å². The second-order valence-electron chi connectivity index (χ2n) is 7.26. The molecule has 0 spiro atoms. The van der Waals surface area contributed by atoms with Crippen molar-refractivity contribution in [2.45, 2.75) is 31.8 Å². The van der Waals surface area contributed by atoms with E-state index in [4.69, 9.17) is 0 Å². The van der Waals surface area contributed by atoms with Crippen molar-refractivity contribution in [1.82, 2.24) is 9.55 Å². The maximum atomic E-state index is 13.0. The SMILES string of the molecule is Cc1cc(C)cc(NC(=O)Cn2cnc(S(=O)(=O)N3CCc4ccccc43)c2)c1. The number of carbonyl (C=O) groups is 1. The summed E-state index contributed by atoms with van der Waals surface area (Å²) in [6.07, 6.45) is 3.45. The zero-order chi connectivity index (χ0) is 20.6. The predicted molar refractivity (Wildman–Crippen MR) is 111 cm³/mol.